The smallest absolute Gasteiger partial charge is 0.264 e. The molecule has 0 aliphatic heterocycles. The molecule has 1 heterocycles. The molecule has 212 valence electrons. The van der Waals surface area contributed by atoms with Crippen LogP contribution in [0.15, 0.2) is 65.6 Å². The van der Waals surface area contributed by atoms with Crippen molar-refractivity contribution < 1.29 is 32.5 Å². The molecule has 0 N–H and O–H groups in total. The lowest BCUT2D eigenvalue weighted by Gasteiger charge is -2.22. The second kappa shape index (κ2) is 13.0. The van der Waals surface area contributed by atoms with Crippen LogP contribution in [-0.4, -0.2) is 44.6 Å². The number of terminal acetylenes is 1. The molecule has 3 aromatic carbocycles. The molecule has 1 amide bonds. The Bertz CT molecular complexity index is 1660. The molecule has 0 aliphatic rings. The van der Waals surface area contributed by atoms with Crippen molar-refractivity contribution in [1.29, 1.82) is 0 Å². The van der Waals surface area contributed by atoms with Gasteiger partial charge in [0.15, 0.2) is 6.79 Å². The van der Waals surface area contributed by atoms with Gasteiger partial charge in [0.05, 0.1) is 37.2 Å². The number of ether oxygens (including phenoxy) is 4. The van der Waals surface area contributed by atoms with Gasteiger partial charge < -0.3 is 23.5 Å². The molecular formula is C31H28F2N2O6. The van der Waals surface area contributed by atoms with Gasteiger partial charge in [-0.25, -0.2) is 8.78 Å². The number of halogens is 2. The van der Waals surface area contributed by atoms with E-state index >= 15 is 0 Å². The van der Waals surface area contributed by atoms with Crippen LogP contribution in [-0.2, 0) is 4.74 Å². The summed E-state index contributed by atoms with van der Waals surface area (Å²) in [5.41, 5.74) is -0.0871. The third-order valence-corrected chi connectivity index (χ3v) is 6.06. The summed E-state index contributed by atoms with van der Waals surface area (Å²) in [5.74, 6) is 1.09. The number of aromatic nitrogens is 1. The number of nitrogens with zero attached hydrogens (tertiary/aromatic N) is 2. The molecule has 41 heavy (non-hydrogen) atoms. The van der Waals surface area contributed by atoms with Crippen LogP contribution in [0.3, 0.4) is 0 Å². The Morgan fingerprint density at radius 3 is 2.37 bits per heavy atom. The first-order valence-corrected chi connectivity index (χ1v) is 12.6. The van der Waals surface area contributed by atoms with E-state index in [1.54, 1.807) is 34.9 Å². The highest BCUT2D eigenvalue weighted by atomic mass is 19.1. The van der Waals surface area contributed by atoms with E-state index in [1.807, 2.05) is 6.92 Å². The van der Waals surface area contributed by atoms with Crippen LogP contribution in [0, 0.1) is 24.0 Å². The van der Waals surface area contributed by atoms with Crippen molar-refractivity contribution in [2.75, 3.05) is 39.1 Å². The predicted octanol–water partition coefficient (Wildman–Crippen LogP) is 5.33. The average molecular weight is 563 g/mol. The number of amides is 1. The van der Waals surface area contributed by atoms with Gasteiger partial charge in [-0.3, -0.25) is 14.5 Å². The van der Waals surface area contributed by atoms with Gasteiger partial charge in [0, 0.05) is 49.0 Å². The molecule has 0 bridgehead atoms. The summed E-state index contributed by atoms with van der Waals surface area (Å²) in [4.78, 5) is 28.5. The van der Waals surface area contributed by atoms with Gasteiger partial charge >= 0.3 is 0 Å². The summed E-state index contributed by atoms with van der Waals surface area (Å²) in [6.07, 6.45) is 7.61. The van der Waals surface area contributed by atoms with Crippen LogP contribution in [0.1, 0.15) is 23.7 Å². The van der Waals surface area contributed by atoms with E-state index in [4.69, 9.17) is 25.4 Å². The molecule has 0 saturated heterocycles. The fraction of sp³-hybridized carbons (Fsp3) is 0.226. The minimum atomic E-state index is -0.898. The van der Waals surface area contributed by atoms with Gasteiger partial charge in [0.2, 0.25) is 5.43 Å². The lowest BCUT2D eigenvalue weighted by molar-refractivity contribution is 0.0512. The third-order valence-electron chi connectivity index (χ3n) is 6.06. The van der Waals surface area contributed by atoms with Crippen molar-refractivity contribution in [2.45, 2.75) is 13.3 Å². The largest absolute Gasteiger partial charge is 0.497 e. The number of carbonyl (C=O) groups is 1. The van der Waals surface area contributed by atoms with E-state index in [0.717, 1.165) is 23.5 Å². The molecule has 0 spiro atoms. The van der Waals surface area contributed by atoms with Gasteiger partial charge in [-0.2, -0.15) is 0 Å². The predicted molar refractivity (Wildman–Crippen MR) is 151 cm³/mol. The maximum absolute atomic E-state index is 14.1. The Kier molecular flexibility index (Phi) is 9.22. The number of benzene rings is 3. The van der Waals surface area contributed by atoms with Gasteiger partial charge in [-0.1, -0.05) is 12.8 Å². The second-order valence-electron chi connectivity index (χ2n) is 8.91. The molecule has 0 radical (unpaired) electrons. The van der Waals surface area contributed by atoms with Crippen molar-refractivity contribution in [3.63, 3.8) is 0 Å². The standard InChI is InChI=1S/C31H28F2N2O6/c1-5-9-34(22-12-20(32)11-21(33)13-22)31(37)28-18-35(23-14-25(39-4)16-26(15-23)40-10-6-2)29-17-24(41-19-38-3)7-8-27(29)30(28)36/h1,7-8,11-18H,6,9-10,19H2,2-4H3. The quantitative estimate of drug-likeness (QED) is 0.182. The van der Waals surface area contributed by atoms with E-state index in [-0.39, 0.29) is 30.0 Å². The molecule has 4 aromatic rings. The summed E-state index contributed by atoms with van der Waals surface area (Å²) in [5, 5.41) is 0.186. The normalized spacial score (nSPS) is 10.7. The highest BCUT2D eigenvalue weighted by molar-refractivity contribution is 6.08. The molecule has 10 heteroatoms. The van der Waals surface area contributed by atoms with Gasteiger partial charge in [0.1, 0.15) is 34.4 Å². The Morgan fingerprint density at radius 2 is 1.71 bits per heavy atom. The van der Waals surface area contributed by atoms with Gasteiger partial charge in [0.25, 0.3) is 5.91 Å². The fourth-order valence-electron chi connectivity index (χ4n) is 4.22. The SMILES string of the molecule is C#CCN(C(=O)c1cn(-c2cc(OC)cc(OCCC)c2)c2cc(OCOC)ccc2c1=O)c1cc(F)cc(F)c1. The van der Waals surface area contributed by atoms with Crippen LogP contribution < -0.4 is 24.5 Å². The lowest BCUT2D eigenvalue weighted by Crippen LogP contribution is -2.35. The van der Waals surface area contributed by atoms with Gasteiger partial charge in [-0.15, -0.1) is 6.42 Å². The Morgan fingerprint density at radius 1 is 0.976 bits per heavy atom. The summed E-state index contributed by atoms with van der Waals surface area (Å²) in [7, 11) is 2.99. The molecule has 0 fully saturated rings. The van der Waals surface area contributed by atoms with E-state index in [0.29, 0.717) is 41.1 Å². The molecule has 0 atom stereocenters. The van der Waals surface area contributed by atoms with Crippen molar-refractivity contribution in [3.8, 4) is 35.3 Å². The maximum Gasteiger partial charge on any atom is 0.264 e. The lowest BCUT2D eigenvalue weighted by atomic mass is 10.1. The topological polar surface area (TPSA) is 79.2 Å². The van der Waals surface area contributed by atoms with E-state index < -0.39 is 23.0 Å². The summed E-state index contributed by atoms with van der Waals surface area (Å²) < 4.78 is 51.6. The van der Waals surface area contributed by atoms with Crippen molar-refractivity contribution >= 4 is 22.5 Å². The molecule has 0 aliphatic carbocycles. The number of rotatable bonds is 11. The first-order valence-electron chi connectivity index (χ1n) is 12.6. The average Bonchev–Trinajstić information content (AvgIpc) is 2.96. The number of carbonyl (C=O) groups excluding carboxylic acids is 1. The number of fused-ring (bicyclic) bond motifs is 1. The second-order valence-corrected chi connectivity index (χ2v) is 8.91. The van der Waals surface area contributed by atoms with Crippen molar-refractivity contribution in [2.24, 2.45) is 0 Å². The molecule has 1 aromatic heterocycles. The summed E-state index contributed by atoms with van der Waals surface area (Å²) in [6, 6.07) is 12.5. The summed E-state index contributed by atoms with van der Waals surface area (Å²) >= 11 is 0. The Hall–Kier alpha value is -4.88. The van der Waals surface area contributed by atoms with Crippen LogP contribution >= 0.6 is 0 Å². The van der Waals surface area contributed by atoms with Crippen LogP contribution in [0.25, 0.3) is 16.6 Å². The molecular weight excluding hydrogens is 534 g/mol. The zero-order chi connectivity index (χ0) is 29.5. The molecule has 0 unspecified atom stereocenters. The van der Waals surface area contributed by atoms with Crippen LogP contribution in [0.5, 0.6) is 17.2 Å². The first-order chi connectivity index (χ1) is 19.8. The van der Waals surface area contributed by atoms with Crippen LogP contribution in [0.4, 0.5) is 14.5 Å². The highest BCUT2D eigenvalue weighted by Crippen LogP contribution is 2.30. The minimum Gasteiger partial charge on any atom is -0.497 e. The third kappa shape index (κ3) is 6.48. The number of methoxy groups -OCH3 is 2. The fourth-order valence-corrected chi connectivity index (χ4v) is 4.22. The van der Waals surface area contributed by atoms with Crippen molar-refractivity contribution in [3.05, 3.63) is 88.2 Å². The van der Waals surface area contributed by atoms with E-state index in [2.05, 4.69) is 5.92 Å². The van der Waals surface area contributed by atoms with Crippen molar-refractivity contribution in [1.82, 2.24) is 4.57 Å². The van der Waals surface area contributed by atoms with E-state index in [1.165, 1.54) is 26.5 Å². The van der Waals surface area contributed by atoms with E-state index in [9.17, 15) is 18.4 Å². The minimum absolute atomic E-state index is 0.0221. The molecule has 0 saturated carbocycles. The first kappa shape index (κ1) is 29.1. The maximum atomic E-state index is 14.1. The molecule has 4 rings (SSSR count). The number of pyridine rings is 1. The highest BCUT2D eigenvalue weighted by Gasteiger charge is 2.24. The van der Waals surface area contributed by atoms with Gasteiger partial charge in [-0.05, 0) is 30.7 Å². The zero-order valence-electron chi connectivity index (χ0n) is 22.8. The summed E-state index contributed by atoms with van der Waals surface area (Å²) in [6.45, 7) is 2.08. The Balaban J connectivity index is 1.97. The number of hydrogen-bond acceptors (Lipinski definition) is 6. The number of hydrogen-bond donors (Lipinski definition) is 0. The number of anilines is 1. The molecule has 8 nitrogen and oxygen atoms in total. The monoisotopic (exact) mass is 562 g/mol. The Labute approximate surface area is 235 Å². The zero-order valence-corrected chi connectivity index (χ0v) is 22.8. The van der Waals surface area contributed by atoms with Crippen LogP contribution in [0.2, 0.25) is 0 Å².